The van der Waals surface area contributed by atoms with E-state index in [1.165, 1.54) is 4.90 Å². The number of nitrogens with zero attached hydrogens (tertiary/aromatic N) is 1. The summed E-state index contributed by atoms with van der Waals surface area (Å²) in [5, 5.41) is 10.2. The second kappa shape index (κ2) is 8.36. The van der Waals surface area contributed by atoms with Crippen molar-refractivity contribution in [1.82, 2.24) is 9.62 Å². The molecule has 1 fully saturated rings. The lowest BCUT2D eigenvalue weighted by molar-refractivity contribution is -0.127. The summed E-state index contributed by atoms with van der Waals surface area (Å²) in [5.41, 5.74) is -0.844. The molecule has 0 aromatic heterocycles. The number of sulfonamides is 1. The fraction of sp³-hybridized carbons (Fsp3) is 0.611. The number of hydrogen-bond acceptors (Lipinski definition) is 4. The highest BCUT2D eigenvalue weighted by molar-refractivity contribution is 7.88. The first kappa shape index (κ1) is 23.2. The highest BCUT2D eigenvalue weighted by atomic mass is 35.5. The predicted molar refractivity (Wildman–Crippen MR) is 110 cm³/mol. The third-order valence-corrected chi connectivity index (χ3v) is 6.25. The molecule has 0 aliphatic carbocycles. The van der Waals surface area contributed by atoms with E-state index in [-0.39, 0.29) is 31.5 Å². The lowest BCUT2D eigenvalue weighted by Crippen LogP contribution is -2.47. The zero-order chi connectivity index (χ0) is 21.3. The van der Waals surface area contributed by atoms with Gasteiger partial charge in [-0.3, -0.25) is 0 Å². The smallest absolute Gasteiger partial charge is 0.407 e. The Kier molecular flexibility index (Phi) is 6.93. The Morgan fingerprint density at radius 2 is 2.00 bits per heavy atom. The van der Waals surface area contributed by atoms with Crippen LogP contribution >= 0.6 is 23.2 Å². The molecule has 2 N–H and O–H groups in total. The number of ether oxygens (including phenoxy) is 1. The molecule has 1 amide bonds. The summed E-state index contributed by atoms with van der Waals surface area (Å²) in [6.07, 6.45) is -0.190. The van der Waals surface area contributed by atoms with Crippen LogP contribution in [0.1, 0.15) is 32.8 Å². The molecule has 1 heterocycles. The van der Waals surface area contributed by atoms with Crippen LogP contribution in [0.2, 0.25) is 10.0 Å². The molecule has 0 bridgehead atoms. The molecule has 1 aromatic carbocycles. The van der Waals surface area contributed by atoms with Crippen molar-refractivity contribution < 1.29 is 23.1 Å². The summed E-state index contributed by atoms with van der Waals surface area (Å²) in [5.74, 6) is 0. The molecule has 158 valence electrons. The quantitative estimate of drug-likeness (QED) is 0.727. The first-order valence-electron chi connectivity index (χ1n) is 8.79. The lowest BCUT2D eigenvalue weighted by atomic mass is 9.86. The zero-order valence-electron chi connectivity index (χ0n) is 16.3. The highest BCUT2D eigenvalue weighted by Crippen LogP contribution is 2.40. The summed E-state index contributed by atoms with van der Waals surface area (Å²) in [6.45, 7) is 6.17. The number of amides is 1. The summed E-state index contributed by atoms with van der Waals surface area (Å²) < 4.78 is 32.6. The maximum absolute atomic E-state index is 11.8. The molecule has 1 aliphatic heterocycles. The van der Waals surface area contributed by atoms with E-state index in [2.05, 4.69) is 4.72 Å². The first-order valence-corrected chi connectivity index (χ1v) is 11.4. The molecule has 0 saturated carbocycles. The number of benzene rings is 1. The average molecular weight is 453 g/mol. The van der Waals surface area contributed by atoms with Gasteiger partial charge in [0.25, 0.3) is 0 Å². The number of rotatable bonds is 4. The van der Waals surface area contributed by atoms with Gasteiger partial charge in [0.15, 0.2) is 0 Å². The minimum Gasteiger partial charge on any atom is -0.465 e. The Balaban J connectivity index is 2.56. The van der Waals surface area contributed by atoms with E-state index in [9.17, 15) is 18.3 Å². The Hall–Kier alpha value is -1.06. The first-order chi connectivity index (χ1) is 12.7. The topological polar surface area (TPSA) is 95.9 Å². The molecule has 2 atom stereocenters. The number of carboxylic acid groups (broad SMARTS) is 1. The van der Waals surface area contributed by atoms with E-state index in [0.29, 0.717) is 15.6 Å². The molecular formula is C18H26Cl2N2O5S. The molecule has 1 aliphatic rings. The number of nitrogens with one attached hydrogen (secondary N) is 1. The highest BCUT2D eigenvalue weighted by Gasteiger charge is 2.44. The van der Waals surface area contributed by atoms with Crippen molar-refractivity contribution in [1.29, 1.82) is 0 Å². The Bertz CT molecular complexity index is 841. The minimum atomic E-state index is -3.50. The van der Waals surface area contributed by atoms with E-state index in [1.807, 2.05) is 20.8 Å². The second-order valence-electron chi connectivity index (χ2n) is 8.17. The molecule has 1 saturated heterocycles. The van der Waals surface area contributed by atoms with E-state index >= 15 is 0 Å². The largest absolute Gasteiger partial charge is 0.465 e. The van der Waals surface area contributed by atoms with Crippen molar-refractivity contribution in [2.75, 3.05) is 25.9 Å². The molecule has 28 heavy (non-hydrogen) atoms. The number of carbonyl (C=O) groups is 1. The molecule has 7 nitrogen and oxygen atoms in total. The van der Waals surface area contributed by atoms with Crippen molar-refractivity contribution in [3.05, 3.63) is 33.8 Å². The van der Waals surface area contributed by atoms with E-state index in [4.69, 9.17) is 27.9 Å². The maximum Gasteiger partial charge on any atom is 0.407 e. The van der Waals surface area contributed by atoms with Crippen LogP contribution in [0.15, 0.2) is 18.2 Å². The van der Waals surface area contributed by atoms with Crippen molar-refractivity contribution in [2.45, 2.75) is 38.9 Å². The Labute approximate surface area is 176 Å². The lowest BCUT2D eigenvalue weighted by Gasteiger charge is -2.40. The third kappa shape index (κ3) is 5.73. The van der Waals surface area contributed by atoms with Crippen molar-refractivity contribution in [3.8, 4) is 0 Å². The maximum atomic E-state index is 11.8. The zero-order valence-corrected chi connectivity index (χ0v) is 18.7. The van der Waals surface area contributed by atoms with Crippen LogP contribution in [0.25, 0.3) is 0 Å². The van der Waals surface area contributed by atoms with E-state index in [0.717, 1.165) is 6.26 Å². The van der Waals surface area contributed by atoms with Crippen LogP contribution < -0.4 is 4.72 Å². The normalized spacial score (nSPS) is 24.1. The predicted octanol–water partition coefficient (Wildman–Crippen LogP) is 3.55. The molecule has 2 rings (SSSR count). The monoisotopic (exact) mass is 452 g/mol. The van der Waals surface area contributed by atoms with Gasteiger partial charge in [-0.2, -0.15) is 0 Å². The Morgan fingerprint density at radius 1 is 1.36 bits per heavy atom. The number of halogens is 2. The van der Waals surface area contributed by atoms with Crippen LogP contribution in [0, 0.1) is 5.41 Å². The fourth-order valence-corrected chi connectivity index (χ4v) is 3.87. The molecule has 10 heteroatoms. The van der Waals surface area contributed by atoms with Crippen LogP contribution in [-0.4, -0.2) is 56.5 Å². The van der Waals surface area contributed by atoms with Crippen LogP contribution in [0.3, 0.4) is 0 Å². The second-order valence-corrected chi connectivity index (χ2v) is 10.8. The SMILES string of the molecule is CC(C)(C)[C@H]1CN(C(=O)O)CC[C@](CNS(C)(=O)=O)(c2ccc(Cl)c(Cl)c2)O1. The Morgan fingerprint density at radius 3 is 2.50 bits per heavy atom. The van der Waals surface area contributed by atoms with E-state index in [1.54, 1.807) is 18.2 Å². The molecular weight excluding hydrogens is 427 g/mol. The molecule has 0 unspecified atom stereocenters. The average Bonchev–Trinajstić information content (AvgIpc) is 2.76. The summed E-state index contributed by atoms with van der Waals surface area (Å²) in [4.78, 5) is 13.0. The summed E-state index contributed by atoms with van der Waals surface area (Å²) >= 11 is 12.2. The van der Waals surface area contributed by atoms with Crippen molar-refractivity contribution in [2.24, 2.45) is 5.41 Å². The van der Waals surface area contributed by atoms with Crippen molar-refractivity contribution in [3.63, 3.8) is 0 Å². The van der Waals surface area contributed by atoms with Gasteiger partial charge >= 0.3 is 6.09 Å². The van der Waals surface area contributed by atoms with Gasteiger partial charge in [-0.15, -0.1) is 0 Å². The van der Waals surface area contributed by atoms with Gasteiger partial charge in [-0.05, 0) is 29.5 Å². The third-order valence-electron chi connectivity index (χ3n) is 4.84. The summed E-state index contributed by atoms with van der Waals surface area (Å²) in [6, 6.07) is 5.00. The van der Waals surface area contributed by atoms with Gasteiger partial charge in [0, 0.05) is 13.1 Å². The van der Waals surface area contributed by atoms with Gasteiger partial charge < -0.3 is 14.7 Å². The number of hydrogen-bond donors (Lipinski definition) is 2. The van der Waals surface area contributed by atoms with Gasteiger partial charge in [-0.25, -0.2) is 17.9 Å². The summed E-state index contributed by atoms with van der Waals surface area (Å²) in [7, 11) is -3.50. The van der Waals surface area contributed by atoms with Crippen LogP contribution in [0.4, 0.5) is 4.79 Å². The van der Waals surface area contributed by atoms with Gasteiger partial charge in [0.2, 0.25) is 10.0 Å². The van der Waals surface area contributed by atoms with E-state index < -0.39 is 27.8 Å². The molecule has 1 aromatic rings. The van der Waals surface area contributed by atoms with Crippen LogP contribution in [-0.2, 0) is 20.4 Å². The minimum absolute atomic E-state index is 0.0518. The van der Waals surface area contributed by atoms with Crippen molar-refractivity contribution >= 4 is 39.3 Å². The fourth-order valence-electron chi connectivity index (χ4n) is 3.07. The van der Waals surface area contributed by atoms with Crippen LogP contribution in [0.5, 0.6) is 0 Å². The van der Waals surface area contributed by atoms with Gasteiger partial charge in [-0.1, -0.05) is 50.0 Å². The van der Waals surface area contributed by atoms with Gasteiger partial charge in [0.1, 0.15) is 5.60 Å². The molecule has 0 radical (unpaired) electrons. The standard InChI is InChI=1S/C18H26Cl2N2O5S/c1-17(2,3)15-10-22(16(23)24)8-7-18(27-15,11-21-28(4,25)26)12-5-6-13(19)14(20)9-12/h5-6,9,15,21H,7-8,10-11H2,1-4H3,(H,23,24)/t15-,18+/m1/s1. The van der Waals surface area contributed by atoms with Gasteiger partial charge in [0.05, 0.1) is 28.9 Å². The molecule has 0 spiro atoms.